The van der Waals surface area contributed by atoms with Gasteiger partial charge in [-0.25, -0.2) is 4.98 Å². The van der Waals surface area contributed by atoms with Gasteiger partial charge in [-0.15, -0.1) is 54.1 Å². The van der Waals surface area contributed by atoms with E-state index < -0.39 is 6.85 Å². The van der Waals surface area contributed by atoms with Crippen LogP contribution in [0.4, 0.5) is 0 Å². The maximum Gasteiger partial charge on any atom is 0.216 e. The molecule has 0 bridgehead atoms. The molecule has 42 heavy (non-hydrogen) atoms. The van der Waals surface area contributed by atoms with E-state index in [1.54, 1.807) is 18.3 Å². The van der Waals surface area contributed by atoms with Gasteiger partial charge in [0.1, 0.15) is 0 Å². The molecule has 4 nitrogen and oxygen atoms in total. The van der Waals surface area contributed by atoms with Gasteiger partial charge in [-0.2, -0.15) is 0 Å². The van der Waals surface area contributed by atoms with Crippen LogP contribution in [0.25, 0.3) is 44.6 Å². The fourth-order valence-electron chi connectivity index (χ4n) is 4.81. The molecule has 0 N–H and O–H groups in total. The molecular formula is C37H29IrN3O-2. The first-order valence-corrected chi connectivity index (χ1v) is 13.4. The van der Waals surface area contributed by atoms with Gasteiger partial charge in [-0.05, 0) is 48.1 Å². The van der Waals surface area contributed by atoms with Crippen molar-refractivity contribution in [3.8, 4) is 22.5 Å². The number of benzene rings is 3. The summed E-state index contributed by atoms with van der Waals surface area (Å²) in [6.07, 6.45) is 3.29. The molecule has 0 aliphatic rings. The predicted octanol–water partition coefficient (Wildman–Crippen LogP) is 9.02. The van der Waals surface area contributed by atoms with E-state index in [0.29, 0.717) is 22.6 Å². The molecule has 7 rings (SSSR count). The molecule has 0 aliphatic carbocycles. The minimum Gasteiger partial charge on any atom is -0.486 e. The zero-order valence-electron chi connectivity index (χ0n) is 26.1. The second-order valence-corrected chi connectivity index (χ2v) is 10.2. The van der Waals surface area contributed by atoms with E-state index >= 15 is 0 Å². The monoisotopic (exact) mass is 727 g/mol. The number of fused-ring (bicyclic) bond motifs is 3. The van der Waals surface area contributed by atoms with E-state index in [9.17, 15) is 0 Å². The number of rotatable bonds is 4. The Bertz CT molecular complexity index is 1990. The molecule has 0 spiro atoms. The first-order chi connectivity index (χ1) is 21.2. The van der Waals surface area contributed by atoms with Gasteiger partial charge >= 0.3 is 0 Å². The summed E-state index contributed by atoms with van der Waals surface area (Å²) in [7, 11) is 0. The van der Waals surface area contributed by atoms with E-state index in [1.165, 1.54) is 17.8 Å². The summed E-state index contributed by atoms with van der Waals surface area (Å²) < 4.78 is 29.3. The van der Waals surface area contributed by atoms with Crippen LogP contribution in [0.15, 0.2) is 126 Å². The third-order valence-corrected chi connectivity index (χ3v) is 7.10. The van der Waals surface area contributed by atoms with Crippen LogP contribution in [-0.4, -0.2) is 15.0 Å². The van der Waals surface area contributed by atoms with Gasteiger partial charge in [-0.3, -0.25) is 0 Å². The first kappa shape index (κ1) is 25.3. The van der Waals surface area contributed by atoms with Gasteiger partial charge in [0.25, 0.3) is 0 Å². The van der Waals surface area contributed by atoms with Crippen molar-refractivity contribution >= 4 is 22.1 Å². The van der Waals surface area contributed by atoms with Crippen molar-refractivity contribution in [2.24, 2.45) is 0 Å². The van der Waals surface area contributed by atoms with Gasteiger partial charge in [0, 0.05) is 47.4 Å². The summed E-state index contributed by atoms with van der Waals surface area (Å²) in [6.45, 7) is 2.07. The molecule has 209 valence electrons. The van der Waals surface area contributed by atoms with E-state index in [-0.39, 0.29) is 31.1 Å². The SMILES string of the molecule is [2H]C([2H])([2H])c1ccnc(-c2[c-]ccc3c2oc2nc(C(C)(C)c4ccccc4)ccc23)c1.[Ir].[c-]1ccccc1-c1ccccn1. The van der Waals surface area contributed by atoms with Gasteiger partial charge in [0.2, 0.25) is 5.71 Å². The number of furan rings is 1. The first-order valence-electron chi connectivity index (χ1n) is 14.9. The van der Waals surface area contributed by atoms with Crippen molar-refractivity contribution < 1.29 is 28.6 Å². The van der Waals surface area contributed by atoms with Crippen LogP contribution < -0.4 is 0 Å². The maximum absolute atomic E-state index is 7.70. The Morgan fingerprint density at radius 2 is 1.55 bits per heavy atom. The topological polar surface area (TPSA) is 51.8 Å². The molecule has 1 radical (unpaired) electrons. The normalized spacial score (nSPS) is 12.4. The van der Waals surface area contributed by atoms with Crippen LogP contribution in [0, 0.1) is 19.0 Å². The second kappa shape index (κ2) is 12.6. The average Bonchev–Trinajstić information content (AvgIpc) is 3.44. The Morgan fingerprint density at radius 1 is 0.738 bits per heavy atom. The van der Waals surface area contributed by atoms with Crippen LogP contribution in [-0.2, 0) is 25.5 Å². The molecule has 0 amide bonds. The zero-order chi connectivity index (χ0) is 30.7. The Morgan fingerprint density at radius 3 is 2.31 bits per heavy atom. The van der Waals surface area contributed by atoms with Crippen LogP contribution in [0.1, 0.15) is 34.8 Å². The molecule has 4 heterocycles. The number of aryl methyl sites for hydroxylation is 1. The summed E-state index contributed by atoms with van der Waals surface area (Å²) in [5, 5.41) is 1.79. The summed E-state index contributed by atoms with van der Waals surface area (Å²) in [6, 6.07) is 41.1. The smallest absolute Gasteiger partial charge is 0.216 e. The number of aromatic nitrogens is 3. The van der Waals surface area contributed by atoms with Crippen LogP contribution in [0.2, 0.25) is 0 Å². The van der Waals surface area contributed by atoms with Crippen molar-refractivity contribution in [3.63, 3.8) is 0 Å². The van der Waals surface area contributed by atoms with E-state index in [4.69, 9.17) is 13.5 Å². The van der Waals surface area contributed by atoms with Gasteiger partial charge in [0.05, 0.1) is 11.3 Å². The quantitative estimate of drug-likeness (QED) is 0.170. The number of pyridine rings is 3. The van der Waals surface area contributed by atoms with Gasteiger partial charge in [0.15, 0.2) is 0 Å². The summed E-state index contributed by atoms with van der Waals surface area (Å²) in [4.78, 5) is 13.5. The summed E-state index contributed by atoms with van der Waals surface area (Å²) >= 11 is 0. The van der Waals surface area contributed by atoms with Gasteiger partial charge < -0.3 is 14.4 Å². The second-order valence-electron chi connectivity index (χ2n) is 10.2. The third-order valence-electron chi connectivity index (χ3n) is 7.10. The molecule has 0 aliphatic heterocycles. The minimum atomic E-state index is -2.21. The summed E-state index contributed by atoms with van der Waals surface area (Å²) in [5.74, 6) is 0. The molecule has 0 saturated carbocycles. The molecule has 0 fully saturated rings. The van der Waals surface area contributed by atoms with E-state index in [0.717, 1.165) is 27.7 Å². The maximum atomic E-state index is 7.70. The molecule has 0 atom stereocenters. The molecular weight excluding hydrogens is 695 g/mol. The average molecular weight is 727 g/mol. The molecule has 5 heteroatoms. The number of hydrogen-bond acceptors (Lipinski definition) is 4. The summed E-state index contributed by atoms with van der Waals surface area (Å²) in [5.41, 5.74) is 6.29. The predicted molar refractivity (Wildman–Crippen MR) is 165 cm³/mol. The number of nitrogens with zero attached hydrogens (tertiary/aromatic N) is 3. The Hall–Kier alpha value is -4.44. The van der Waals surface area contributed by atoms with Crippen molar-refractivity contribution in [1.29, 1.82) is 0 Å². The van der Waals surface area contributed by atoms with Crippen molar-refractivity contribution in [3.05, 3.63) is 151 Å². The zero-order valence-corrected chi connectivity index (χ0v) is 25.5. The molecule has 0 unspecified atom stereocenters. The number of hydrogen-bond donors (Lipinski definition) is 0. The van der Waals surface area contributed by atoms with Crippen LogP contribution >= 0.6 is 0 Å². The molecule has 0 saturated heterocycles. The molecule has 3 aromatic carbocycles. The third kappa shape index (κ3) is 5.94. The van der Waals surface area contributed by atoms with Gasteiger partial charge in [-0.1, -0.05) is 78.9 Å². The van der Waals surface area contributed by atoms with Crippen LogP contribution in [0.5, 0.6) is 0 Å². The Labute approximate surface area is 264 Å². The Kier molecular flexibility index (Phi) is 7.59. The fourth-order valence-corrected chi connectivity index (χ4v) is 4.81. The fraction of sp³-hybridized carbons (Fsp3) is 0.108. The standard InChI is InChI=1S/C26H21N2O.C11H8N.Ir/c1-17-14-15-27-22(16-17)21-11-7-10-19-20-12-13-23(28-25(20)29-24(19)21)26(2,3)18-8-5-4-6-9-18;1-2-6-10(7-3-1)11-8-4-5-9-12-11;/h4-10,12-16H,1-3H3;1-6,8-9H;/q2*-1;/i1D3;;. The molecule has 4 aromatic heterocycles. The molecule has 7 aromatic rings. The van der Waals surface area contributed by atoms with Crippen molar-refractivity contribution in [2.75, 3.05) is 0 Å². The van der Waals surface area contributed by atoms with E-state index in [1.807, 2.05) is 78.9 Å². The van der Waals surface area contributed by atoms with E-state index in [2.05, 4.69) is 48.1 Å². The minimum absolute atomic E-state index is 0. The van der Waals surface area contributed by atoms with Crippen LogP contribution in [0.3, 0.4) is 0 Å². The Balaban J connectivity index is 0.000000258. The van der Waals surface area contributed by atoms with Crippen molar-refractivity contribution in [1.82, 2.24) is 15.0 Å². The van der Waals surface area contributed by atoms with Crippen molar-refractivity contribution in [2.45, 2.75) is 26.1 Å². The largest absolute Gasteiger partial charge is 0.486 e.